The average molecular weight is 343 g/mol. The number of hydrogen-bond donors (Lipinski definition) is 0. The Hall–Kier alpha value is -2.12. The van der Waals surface area contributed by atoms with E-state index in [2.05, 4.69) is 22.0 Å². The first-order chi connectivity index (χ1) is 10.1. The van der Waals surface area contributed by atoms with Crippen LogP contribution in [0.5, 0.6) is 0 Å². The van der Waals surface area contributed by atoms with Crippen molar-refractivity contribution in [2.24, 2.45) is 0 Å². The molecule has 2 rings (SSSR count). The van der Waals surface area contributed by atoms with Crippen LogP contribution in [-0.2, 0) is 0 Å². The predicted molar refractivity (Wildman–Crippen MR) is 87.2 cm³/mol. The Bertz CT molecular complexity index is 677. The highest BCUT2D eigenvalue weighted by Gasteiger charge is 2.17. The van der Waals surface area contributed by atoms with E-state index in [0.29, 0.717) is 18.5 Å². The second kappa shape index (κ2) is 7.05. The lowest BCUT2D eigenvalue weighted by Gasteiger charge is -2.22. The minimum absolute atomic E-state index is 0.0999. The summed E-state index contributed by atoms with van der Waals surface area (Å²) in [6.07, 6.45) is 0.299. The average Bonchev–Trinajstić information content (AvgIpc) is 2.51. The van der Waals surface area contributed by atoms with Gasteiger partial charge in [-0.1, -0.05) is 40.2 Å². The number of carbonyl (C=O) groups excluding carboxylic acids is 1. The predicted octanol–water partition coefficient (Wildman–Crippen LogP) is 4.32. The van der Waals surface area contributed by atoms with Crippen LogP contribution in [0.2, 0.25) is 0 Å². The molecule has 21 heavy (non-hydrogen) atoms. The molecule has 0 heterocycles. The molecule has 0 saturated carbocycles. The van der Waals surface area contributed by atoms with Crippen LogP contribution in [0.4, 0.5) is 5.69 Å². The summed E-state index contributed by atoms with van der Waals surface area (Å²) in [5.41, 5.74) is 2.48. The molecule has 0 aliphatic carbocycles. The molecule has 0 fully saturated rings. The van der Waals surface area contributed by atoms with Crippen LogP contribution in [0.15, 0.2) is 53.0 Å². The second-order valence-electron chi connectivity index (χ2n) is 4.66. The Kier molecular flexibility index (Phi) is 5.13. The molecule has 0 spiro atoms. The summed E-state index contributed by atoms with van der Waals surface area (Å²) in [7, 11) is 0. The number of para-hydroxylation sites is 1. The highest BCUT2D eigenvalue weighted by Crippen LogP contribution is 2.21. The molecular formula is C17H15BrN2O. The number of halogens is 1. The number of benzene rings is 2. The van der Waals surface area contributed by atoms with Crippen molar-refractivity contribution in [3.63, 3.8) is 0 Å². The van der Waals surface area contributed by atoms with Gasteiger partial charge in [-0.25, -0.2) is 0 Å². The van der Waals surface area contributed by atoms with Crippen LogP contribution in [0.25, 0.3) is 0 Å². The van der Waals surface area contributed by atoms with Gasteiger partial charge in [0.15, 0.2) is 0 Å². The van der Waals surface area contributed by atoms with Gasteiger partial charge in [0.2, 0.25) is 0 Å². The lowest BCUT2D eigenvalue weighted by atomic mass is 10.1. The molecular weight excluding hydrogens is 328 g/mol. The molecule has 0 aliphatic heterocycles. The van der Waals surface area contributed by atoms with Crippen LogP contribution in [0.1, 0.15) is 22.3 Å². The van der Waals surface area contributed by atoms with Crippen molar-refractivity contribution in [2.75, 3.05) is 11.4 Å². The summed E-state index contributed by atoms with van der Waals surface area (Å²) >= 11 is 3.45. The third-order valence-electron chi connectivity index (χ3n) is 3.18. The summed E-state index contributed by atoms with van der Waals surface area (Å²) in [5, 5.41) is 8.80. The van der Waals surface area contributed by atoms with Gasteiger partial charge in [0, 0.05) is 22.3 Å². The molecule has 0 unspecified atom stereocenters. The van der Waals surface area contributed by atoms with Crippen molar-refractivity contribution >= 4 is 27.5 Å². The van der Waals surface area contributed by atoms with Gasteiger partial charge in [-0.15, -0.1) is 0 Å². The molecule has 2 aromatic rings. The molecule has 0 aromatic heterocycles. The first kappa shape index (κ1) is 15.3. The molecule has 1 amide bonds. The van der Waals surface area contributed by atoms with Gasteiger partial charge in [-0.3, -0.25) is 4.79 Å². The van der Waals surface area contributed by atoms with Gasteiger partial charge in [-0.05, 0) is 36.8 Å². The number of anilines is 1. The zero-order chi connectivity index (χ0) is 15.2. The van der Waals surface area contributed by atoms with E-state index in [1.54, 1.807) is 4.90 Å². The molecule has 0 radical (unpaired) electrons. The largest absolute Gasteiger partial charge is 0.307 e. The number of carbonyl (C=O) groups is 1. The molecule has 0 atom stereocenters. The van der Waals surface area contributed by atoms with Crippen LogP contribution >= 0.6 is 15.9 Å². The fourth-order valence-electron chi connectivity index (χ4n) is 2.00. The van der Waals surface area contributed by atoms with E-state index in [9.17, 15) is 4.79 Å². The Balaban J connectivity index is 2.34. The van der Waals surface area contributed by atoms with E-state index >= 15 is 0 Å². The van der Waals surface area contributed by atoms with Crippen LogP contribution in [0.3, 0.4) is 0 Å². The summed E-state index contributed by atoms with van der Waals surface area (Å²) in [6.45, 7) is 2.35. The van der Waals surface area contributed by atoms with Gasteiger partial charge >= 0.3 is 0 Å². The Labute approximate surface area is 132 Å². The van der Waals surface area contributed by atoms with Gasteiger partial charge in [0.05, 0.1) is 12.5 Å². The second-order valence-corrected chi connectivity index (χ2v) is 5.52. The highest BCUT2D eigenvalue weighted by atomic mass is 79.9. The van der Waals surface area contributed by atoms with E-state index < -0.39 is 0 Å². The minimum Gasteiger partial charge on any atom is -0.307 e. The van der Waals surface area contributed by atoms with Gasteiger partial charge < -0.3 is 4.90 Å². The number of rotatable bonds is 4. The van der Waals surface area contributed by atoms with E-state index in [0.717, 1.165) is 15.7 Å². The van der Waals surface area contributed by atoms with Gasteiger partial charge in [0.25, 0.3) is 5.91 Å². The maximum Gasteiger partial charge on any atom is 0.258 e. The third kappa shape index (κ3) is 3.71. The Morgan fingerprint density at radius 3 is 2.57 bits per heavy atom. The third-order valence-corrected chi connectivity index (χ3v) is 4.03. The summed E-state index contributed by atoms with van der Waals surface area (Å²) < 4.78 is 0.904. The summed E-state index contributed by atoms with van der Waals surface area (Å²) in [4.78, 5) is 14.3. The monoisotopic (exact) mass is 342 g/mol. The normalized spacial score (nSPS) is 9.95. The molecule has 106 valence electrons. The number of aryl methyl sites for hydroxylation is 1. The summed E-state index contributed by atoms with van der Waals surface area (Å²) in [6, 6.07) is 17.0. The fraction of sp³-hybridized carbons (Fsp3) is 0.176. The van der Waals surface area contributed by atoms with Crippen molar-refractivity contribution in [3.8, 4) is 6.07 Å². The molecule has 4 heteroatoms. The SMILES string of the molecule is Cc1ccc(C(=O)N(CCC#N)c2ccccc2)cc1Br. The topological polar surface area (TPSA) is 44.1 Å². The lowest BCUT2D eigenvalue weighted by molar-refractivity contribution is 0.0987. The number of nitriles is 1. The molecule has 0 aliphatic rings. The lowest BCUT2D eigenvalue weighted by Crippen LogP contribution is -2.31. The van der Waals surface area contributed by atoms with Crippen LogP contribution in [0, 0.1) is 18.3 Å². The van der Waals surface area contributed by atoms with E-state index in [1.807, 2.05) is 55.5 Å². The maximum absolute atomic E-state index is 12.7. The van der Waals surface area contributed by atoms with Gasteiger partial charge in [0.1, 0.15) is 0 Å². The Morgan fingerprint density at radius 1 is 1.24 bits per heavy atom. The molecule has 3 nitrogen and oxygen atoms in total. The van der Waals surface area contributed by atoms with Crippen molar-refractivity contribution in [1.82, 2.24) is 0 Å². The van der Waals surface area contributed by atoms with Crippen molar-refractivity contribution in [3.05, 3.63) is 64.1 Å². The van der Waals surface area contributed by atoms with Crippen LogP contribution < -0.4 is 4.90 Å². The first-order valence-corrected chi connectivity index (χ1v) is 7.43. The Morgan fingerprint density at radius 2 is 1.95 bits per heavy atom. The molecule has 0 saturated heterocycles. The van der Waals surface area contributed by atoms with E-state index in [4.69, 9.17) is 5.26 Å². The number of nitrogens with zero attached hydrogens (tertiary/aromatic N) is 2. The zero-order valence-electron chi connectivity index (χ0n) is 11.7. The van der Waals surface area contributed by atoms with Crippen molar-refractivity contribution < 1.29 is 4.79 Å². The quantitative estimate of drug-likeness (QED) is 0.830. The standard InChI is InChI=1S/C17H15BrN2O/c1-13-8-9-14(12-16(13)18)17(21)20(11-5-10-19)15-6-3-2-4-7-15/h2-4,6-9,12H,5,11H2,1H3. The first-order valence-electron chi connectivity index (χ1n) is 6.63. The van der Waals surface area contributed by atoms with E-state index in [1.165, 1.54) is 0 Å². The van der Waals surface area contributed by atoms with Crippen LogP contribution in [-0.4, -0.2) is 12.5 Å². The molecule has 0 N–H and O–H groups in total. The minimum atomic E-state index is -0.0999. The van der Waals surface area contributed by atoms with Crippen molar-refractivity contribution in [1.29, 1.82) is 5.26 Å². The molecule has 0 bridgehead atoms. The van der Waals surface area contributed by atoms with Gasteiger partial charge in [-0.2, -0.15) is 5.26 Å². The van der Waals surface area contributed by atoms with E-state index in [-0.39, 0.29) is 5.91 Å². The fourth-order valence-corrected chi connectivity index (χ4v) is 2.38. The highest BCUT2D eigenvalue weighted by molar-refractivity contribution is 9.10. The van der Waals surface area contributed by atoms with Crippen molar-refractivity contribution in [2.45, 2.75) is 13.3 Å². The number of hydrogen-bond acceptors (Lipinski definition) is 2. The smallest absolute Gasteiger partial charge is 0.258 e. The molecule has 2 aromatic carbocycles. The summed E-state index contributed by atoms with van der Waals surface area (Å²) in [5.74, 6) is -0.0999. The number of amides is 1. The zero-order valence-corrected chi connectivity index (χ0v) is 13.3. The maximum atomic E-state index is 12.7.